The number of hydrogen-bond acceptors (Lipinski definition) is 5. The number of ether oxygens (including phenoxy) is 1. The summed E-state index contributed by atoms with van der Waals surface area (Å²) in [5.41, 5.74) is 1.52. The highest BCUT2D eigenvalue weighted by Crippen LogP contribution is 2.31. The largest absolute Gasteiger partial charge is 0.495 e. The Hall–Kier alpha value is -2.06. The minimum atomic E-state index is 0.537. The molecule has 1 heterocycles. The number of nitrogens with zero attached hydrogens (tertiary/aromatic N) is 2. The molecule has 0 aliphatic rings. The molecule has 0 atom stereocenters. The molecule has 0 spiro atoms. The molecule has 0 saturated carbocycles. The molecule has 1 N–H and O–H groups in total. The molecule has 2 rings (SSSR count). The van der Waals surface area contributed by atoms with E-state index >= 15 is 0 Å². The summed E-state index contributed by atoms with van der Waals surface area (Å²) in [4.78, 5) is 5.39. The second kappa shape index (κ2) is 6.40. The van der Waals surface area contributed by atoms with Crippen LogP contribution in [-0.2, 0) is 0 Å². The molecule has 4 nitrogen and oxygen atoms in total. The van der Waals surface area contributed by atoms with E-state index in [0.717, 1.165) is 22.1 Å². The van der Waals surface area contributed by atoms with E-state index in [-0.39, 0.29) is 0 Å². The van der Waals surface area contributed by atoms with Gasteiger partial charge in [-0.2, -0.15) is 5.26 Å². The van der Waals surface area contributed by atoms with Gasteiger partial charge in [0.05, 0.1) is 17.6 Å². The fraction of sp³-hybridized carbons (Fsp3) is 0.333. The molecule has 5 heteroatoms. The maximum atomic E-state index is 9.12. The quantitative estimate of drug-likeness (QED) is 0.909. The molecule has 0 aliphatic carbocycles. The summed E-state index contributed by atoms with van der Waals surface area (Å²) in [5, 5.41) is 13.3. The summed E-state index contributed by atoms with van der Waals surface area (Å²) in [6, 6.07) is 7.74. The number of nitrogens with one attached hydrogen (secondary N) is 1. The monoisotopic (exact) mass is 287 g/mol. The Morgan fingerprint density at radius 2 is 2.25 bits per heavy atom. The topological polar surface area (TPSA) is 57.9 Å². The molecule has 0 amide bonds. The van der Waals surface area contributed by atoms with Crippen LogP contribution >= 0.6 is 11.3 Å². The van der Waals surface area contributed by atoms with Gasteiger partial charge >= 0.3 is 0 Å². The van der Waals surface area contributed by atoms with Crippen LogP contribution < -0.4 is 10.1 Å². The third kappa shape index (κ3) is 3.28. The van der Waals surface area contributed by atoms with Crippen molar-refractivity contribution >= 4 is 16.5 Å². The van der Waals surface area contributed by atoms with Crippen LogP contribution in [0.5, 0.6) is 5.75 Å². The minimum absolute atomic E-state index is 0.537. The number of anilines is 1. The molecule has 0 radical (unpaired) electrons. The highest BCUT2D eigenvalue weighted by Gasteiger charge is 2.08. The lowest BCUT2D eigenvalue weighted by atomic mass is 10.1. The van der Waals surface area contributed by atoms with E-state index in [4.69, 9.17) is 10.00 Å². The average Bonchev–Trinajstić information content (AvgIpc) is 2.93. The molecule has 104 valence electrons. The van der Waals surface area contributed by atoms with Gasteiger partial charge in [-0.15, -0.1) is 0 Å². The number of thiazole rings is 1. The number of benzene rings is 1. The van der Waals surface area contributed by atoms with Crippen LogP contribution in [0.4, 0.5) is 5.13 Å². The van der Waals surface area contributed by atoms with Gasteiger partial charge in [0.15, 0.2) is 5.13 Å². The predicted molar refractivity (Wildman–Crippen MR) is 82.1 cm³/mol. The molecule has 0 saturated heterocycles. The van der Waals surface area contributed by atoms with Crippen molar-refractivity contribution < 1.29 is 4.74 Å². The Bertz CT molecular complexity index is 628. The van der Waals surface area contributed by atoms with Crippen molar-refractivity contribution in [3.63, 3.8) is 0 Å². The second-order valence-corrected chi connectivity index (χ2v) is 5.86. The highest BCUT2D eigenvalue weighted by atomic mass is 32.1. The van der Waals surface area contributed by atoms with Crippen molar-refractivity contribution in [2.75, 3.05) is 19.0 Å². The van der Waals surface area contributed by atoms with Gasteiger partial charge in [0.25, 0.3) is 0 Å². The summed E-state index contributed by atoms with van der Waals surface area (Å²) in [7, 11) is 1.57. The van der Waals surface area contributed by atoms with Gasteiger partial charge in [-0.25, -0.2) is 4.98 Å². The van der Waals surface area contributed by atoms with Crippen molar-refractivity contribution in [2.45, 2.75) is 13.8 Å². The van der Waals surface area contributed by atoms with Gasteiger partial charge in [0.2, 0.25) is 0 Å². The zero-order valence-electron chi connectivity index (χ0n) is 11.8. The summed E-state index contributed by atoms with van der Waals surface area (Å²) in [6.45, 7) is 5.22. The first kappa shape index (κ1) is 14.4. The predicted octanol–water partition coefficient (Wildman–Crippen LogP) is 3.76. The molecule has 2 aromatic rings. The van der Waals surface area contributed by atoms with E-state index in [1.165, 1.54) is 0 Å². The lowest BCUT2D eigenvalue weighted by Gasteiger charge is -2.05. The van der Waals surface area contributed by atoms with Crippen LogP contribution in [0, 0.1) is 17.2 Å². The first-order valence-corrected chi connectivity index (χ1v) is 7.24. The minimum Gasteiger partial charge on any atom is -0.495 e. The Morgan fingerprint density at radius 1 is 1.45 bits per heavy atom. The van der Waals surface area contributed by atoms with Crippen molar-refractivity contribution in [1.29, 1.82) is 5.26 Å². The van der Waals surface area contributed by atoms with E-state index in [2.05, 4.69) is 30.2 Å². The molecule has 20 heavy (non-hydrogen) atoms. The number of hydrogen-bond donors (Lipinski definition) is 1. The van der Waals surface area contributed by atoms with Crippen LogP contribution in [0.3, 0.4) is 0 Å². The normalized spacial score (nSPS) is 10.3. The summed E-state index contributed by atoms with van der Waals surface area (Å²) < 4.78 is 5.15. The average molecular weight is 287 g/mol. The van der Waals surface area contributed by atoms with Gasteiger partial charge in [0.1, 0.15) is 11.8 Å². The molecule has 0 fully saturated rings. The molecular weight excluding hydrogens is 270 g/mol. The lowest BCUT2D eigenvalue weighted by molar-refractivity contribution is 0.413. The third-order valence-corrected chi connectivity index (χ3v) is 3.78. The molecule has 0 aliphatic heterocycles. The van der Waals surface area contributed by atoms with Crippen molar-refractivity contribution in [1.82, 2.24) is 4.98 Å². The molecular formula is C15H17N3OS. The fourth-order valence-electron chi connectivity index (χ4n) is 1.73. The fourth-order valence-corrected chi connectivity index (χ4v) is 2.55. The number of methoxy groups -OCH3 is 1. The van der Waals surface area contributed by atoms with E-state index in [9.17, 15) is 0 Å². The van der Waals surface area contributed by atoms with E-state index in [1.807, 2.05) is 24.4 Å². The standard InChI is InChI=1S/C15H17N3OS/c1-10(2)8-17-15-18-9-14(20-15)11-4-5-13(19-3)12(6-11)7-16/h4-6,9-10H,8H2,1-3H3,(H,17,18). The van der Waals surface area contributed by atoms with Crippen LogP contribution in [0.15, 0.2) is 24.4 Å². The Labute approximate surface area is 123 Å². The SMILES string of the molecule is COc1ccc(-c2cnc(NCC(C)C)s2)cc1C#N. The zero-order chi connectivity index (χ0) is 14.5. The van der Waals surface area contributed by atoms with E-state index < -0.39 is 0 Å². The van der Waals surface area contributed by atoms with Crippen LogP contribution in [0.25, 0.3) is 10.4 Å². The third-order valence-electron chi connectivity index (χ3n) is 2.77. The highest BCUT2D eigenvalue weighted by molar-refractivity contribution is 7.18. The van der Waals surface area contributed by atoms with Crippen LogP contribution in [0.1, 0.15) is 19.4 Å². The smallest absolute Gasteiger partial charge is 0.183 e. The van der Waals surface area contributed by atoms with E-state index in [1.54, 1.807) is 18.4 Å². The van der Waals surface area contributed by atoms with Crippen molar-refractivity contribution in [2.24, 2.45) is 5.92 Å². The maximum Gasteiger partial charge on any atom is 0.183 e. The molecule has 1 aromatic carbocycles. The van der Waals surface area contributed by atoms with Gasteiger partial charge in [-0.05, 0) is 29.7 Å². The molecule has 1 aromatic heterocycles. The summed E-state index contributed by atoms with van der Waals surface area (Å²) in [5.74, 6) is 1.17. The number of rotatable bonds is 5. The molecule has 0 unspecified atom stereocenters. The van der Waals surface area contributed by atoms with Gasteiger partial charge in [0, 0.05) is 12.7 Å². The second-order valence-electron chi connectivity index (χ2n) is 4.83. The first-order valence-electron chi connectivity index (χ1n) is 6.42. The Balaban J connectivity index is 2.22. The maximum absolute atomic E-state index is 9.12. The Kier molecular flexibility index (Phi) is 4.59. The zero-order valence-corrected chi connectivity index (χ0v) is 12.6. The van der Waals surface area contributed by atoms with Gasteiger partial charge in [-0.1, -0.05) is 25.2 Å². The summed E-state index contributed by atoms with van der Waals surface area (Å²) >= 11 is 1.59. The van der Waals surface area contributed by atoms with Gasteiger partial charge < -0.3 is 10.1 Å². The number of aromatic nitrogens is 1. The number of nitriles is 1. The van der Waals surface area contributed by atoms with Crippen molar-refractivity contribution in [3.8, 4) is 22.3 Å². The Morgan fingerprint density at radius 3 is 2.90 bits per heavy atom. The molecule has 0 bridgehead atoms. The van der Waals surface area contributed by atoms with E-state index in [0.29, 0.717) is 17.2 Å². The van der Waals surface area contributed by atoms with Gasteiger partial charge in [-0.3, -0.25) is 0 Å². The first-order chi connectivity index (χ1) is 9.63. The lowest BCUT2D eigenvalue weighted by Crippen LogP contribution is -2.07. The summed E-state index contributed by atoms with van der Waals surface area (Å²) in [6.07, 6.45) is 1.83. The van der Waals surface area contributed by atoms with Crippen LogP contribution in [0.2, 0.25) is 0 Å². The van der Waals surface area contributed by atoms with Crippen molar-refractivity contribution in [3.05, 3.63) is 30.0 Å². The van der Waals surface area contributed by atoms with Crippen LogP contribution in [-0.4, -0.2) is 18.6 Å².